The minimum Gasteiger partial charge on any atom is -0.469 e. The molecule has 0 spiro atoms. The molecule has 0 aliphatic carbocycles. The van der Waals surface area contributed by atoms with Crippen LogP contribution in [-0.4, -0.2) is 48.3 Å². The summed E-state index contributed by atoms with van der Waals surface area (Å²) in [4.78, 5) is 36.4. The van der Waals surface area contributed by atoms with E-state index < -0.39 is 36.2 Å². The lowest BCUT2D eigenvalue weighted by molar-refractivity contribution is -0.145. The number of hydrogen-bond acceptors (Lipinski definition) is 4. The van der Waals surface area contributed by atoms with Gasteiger partial charge >= 0.3 is 18.2 Å². The molecule has 1 atom stereocenters. The highest BCUT2D eigenvalue weighted by molar-refractivity contribution is 5.89. The third-order valence-corrected chi connectivity index (χ3v) is 3.11. The Morgan fingerprint density at radius 3 is 2.58 bits per heavy atom. The van der Waals surface area contributed by atoms with Crippen molar-refractivity contribution >= 4 is 17.7 Å². The van der Waals surface area contributed by atoms with Crippen molar-refractivity contribution in [2.75, 3.05) is 26.0 Å². The molecule has 0 aromatic carbocycles. The van der Waals surface area contributed by atoms with Crippen LogP contribution in [-0.2, 0) is 16.1 Å². The second kappa shape index (κ2) is 7.84. The molecule has 0 saturated carbocycles. The van der Waals surface area contributed by atoms with Crippen LogP contribution in [0.1, 0.15) is 6.92 Å². The predicted octanol–water partition coefficient (Wildman–Crippen LogP) is 1.68. The van der Waals surface area contributed by atoms with Crippen molar-refractivity contribution in [2.24, 2.45) is 5.92 Å². The Morgan fingerprint density at radius 2 is 2.04 bits per heavy atom. The van der Waals surface area contributed by atoms with Gasteiger partial charge in [-0.25, -0.2) is 4.79 Å². The molecule has 1 aromatic rings. The van der Waals surface area contributed by atoms with Gasteiger partial charge in [-0.3, -0.25) is 9.59 Å². The van der Waals surface area contributed by atoms with Gasteiger partial charge in [-0.2, -0.15) is 13.2 Å². The molecule has 0 fully saturated rings. The van der Waals surface area contributed by atoms with Crippen LogP contribution in [0, 0.1) is 5.92 Å². The number of halogens is 3. The van der Waals surface area contributed by atoms with Crippen LogP contribution in [0.4, 0.5) is 23.7 Å². The number of esters is 1. The van der Waals surface area contributed by atoms with Gasteiger partial charge in [-0.05, 0) is 12.1 Å². The molecular weight excluding hydrogens is 331 g/mol. The first-order chi connectivity index (χ1) is 11.0. The highest BCUT2D eigenvalue weighted by atomic mass is 19.4. The number of ether oxygens (including phenoxy) is 1. The predicted molar refractivity (Wildman–Crippen MR) is 79.6 cm³/mol. The third-order valence-electron chi connectivity index (χ3n) is 3.11. The van der Waals surface area contributed by atoms with Gasteiger partial charge in [-0.15, -0.1) is 0 Å². The summed E-state index contributed by atoms with van der Waals surface area (Å²) in [5, 5.41) is 2.23. The Bertz CT molecular complexity index is 657. The second-order valence-corrected chi connectivity index (χ2v) is 5.20. The van der Waals surface area contributed by atoms with Crippen molar-refractivity contribution in [2.45, 2.75) is 19.6 Å². The number of amides is 2. The number of carbonyl (C=O) groups excluding carboxylic acids is 2. The van der Waals surface area contributed by atoms with E-state index in [1.54, 1.807) is 6.92 Å². The maximum absolute atomic E-state index is 12.4. The summed E-state index contributed by atoms with van der Waals surface area (Å²) in [7, 11) is 2.60. The molecule has 0 bridgehead atoms. The summed E-state index contributed by atoms with van der Waals surface area (Å²) in [6.07, 6.45) is -3.58. The van der Waals surface area contributed by atoms with E-state index in [1.807, 2.05) is 0 Å². The summed E-state index contributed by atoms with van der Waals surface area (Å²) in [5.74, 6) is -1.11. The number of pyridine rings is 1. The SMILES string of the molecule is COC(=O)[C@H](C)CN(C)C(=O)Nc1cccn(CC(F)(F)F)c1=O. The molecular formula is C14H18F3N3O4. The van der Waals surface area contributed by atoms with Crippen molar-refractivity contribution in [3.63, 3.8) is 0 Å². The lowest BCUT2D eigenvalue weighted by Crippen LogP contribution is -2.38. The fourth-order valence-corrected chi connectivity index (χ4v) is 1.93. The van der Waals surface area contributed by atoms with Crippen LogP contribution in [0.5, 0.6) is 0 Å². The highest BCUT2D eigenvalue weighted by Crippen LogP contribution is 2.16. The smallest absolute Gasteiger partial charge is 0.406 e. The normalized spacial score (nSPS) is 12.4. The zero-order valence-corrected chi connectivity index (χ0v) is 13.4. The number of hydrogen-bond donors (Lipinski definition) is 1. The third kappa shape index (κ3) is 5.60. The number of methoxy groups -OCH3 is 1. The van der Waals surface area contributed by atoms with E-state index in [1.165, 1.54) is 26.3 Å². The van der Waals surface area contributed by atoms with Crippen LogP contribution < -0.4 is 10.9 Å². The van der Waals surface area contributed by atoms with Crippen molar-refractivity contribution < 1.29 is 27.5 Å². The number of nitrogens with one attached hydrogen (secondary N) is 1. The van der Waals surface area contributed by atoms with E-state index in [0.717, 1.165) is 11.1 Å². The Hall–Kier alpha value is -2.52. The van der Waals surface area contributed by atoms with E-state index in [4.69, 9.17) is 0 Å². The molecule has 1 N–H and O–H groups in total. The molecule has 2 amide bonds. The summed E-state index contributed by atoms with van der Waals surface area (Å²) in [6, 6.07) is 1.69. The number of carbonyl (C=O) groups is 2. The van der Waals surface area contributed by atoms with Gasteiger partial charge in [0.25, 0.3) is 5.56 Å². The number of anilines is 1. The van der Waals surface area contributed by atoms with Gasteiger partial charge in [0.15, 0.2) is 0 Å². The zero-order chi connectivity index (χ0) is 18.5. The van der Waals surface area contributed by atoms with Gasteiger partial charge in [0, 0.05) is 19.8 Å². The van der Waals surface area contributed by atoms with E-state index in [0.29, 0.717) is 4.57 Å². The number of nitrogens with zero attached hydrogens (tertiary/aromatic N) is 2. The molecule has 134 valence electrons. The highest BCUT2D eigenvalue weighted by Gasteiger charge is 2.28. The number of alkyl halides is 3. The first-order valence-corrected chi connectivity index (χ1v) is 6.91. The van der Waals surface area contributed by atoms with E-state index in [-0.39, 0.29) is 12.2 Å². The maximum atomic E-state index is 12.4. The average Bonchev–Trinajstić information content (AvgIpc) is 2.48. The molecule has 0 aliphatic rings. The molecule has 1 rings (SSSR count). The molecule has 1 aromatic heterocycles. The van der Waals surface area contributed by atoms with Crippen LogP contribution in [0.15, 0.2) is 23.1 Å². The minimum absolute atomic E-state index is 0.0160. The van der Waals surface area contributed by atoms with Crippen LogP contribution >= 0.6 is 0 Å². The van der Waals surface area contributed by atoms with Crippen molar-refractivity contribution in [3.8, 4) is 0 Å². The van der Waals surface area contributed by atoms with Crippen LogP contribution in [0.25, 0.3) is 0 Å². The standard InChI is InChI=1S/C14H18F3N3O4/c1-9(12(22)24-3)7-19(2)13(23)18-10-5-4-6-20(11(10)21)8-14(15,16)17/h4-6,9H,7-8H2,1-3H3,(H,18,23)/t9-/m1/s1. The quantitative estimate of drug-likeness (QED) is 0.820. The molecule has 0 aliphatic heterocycles. The van der Waals surface area contributed by atoms with E-state index in [2.05, 4.69) is 10.1 Å². The summed E-state index contributed by atoms with van der Waals surface area (Å²) < 4.78 is 42.2. The lowest BCUT2D eigenvalue weighted by atomic mass is 10.2. The zero-order valence-electron chi connectivity index (χ0n) is 13.4. The molecule has 1 heterocycles. The molecule has 10 heteroatoms. The van der Waals surface area contributed by atoms with Gasteiger partial charge in [0.1, 0.15) is 12.2 Å². The summed E-state index contributed by atoms with van der Waals surface area (Å²) >= 11 is 0. The van der Waals surface area contributed by atoms with Crippen molar-refractivity contribution in [1.82, 2.24) is 9.47 Å². The van der Waals surface area contributed by atoms with Gasteiger partial charge in [-0.1, -0.05) is 6.92 Å². The summed E-state index contributed by atoms with van der Waals surface area (Å²) in [6.45, 7) is 0.112. The average molecular weight is 349 g/mol. The van der Waals surface area contributed by atoms with Crippen LogP contribution in [0.3, 0.4) is 0 Å². The van der Waals surface area contributed by atoms with Crippen molar-refractivity contribution in [3.05, 3.63) is 28.7 Å². The summed E-state index contributed by atoms with van der Waals surface area (Å²) in [5.41, 5.74) is -1.26. The van der Waals surface area contributed by atoms with E-state index >= 15 is 0 Å². The van der Waals surface area contributed by atoms with E-state index in [9.17, 15) is 27.6 Å². The Morgan fingerprint density at radius 1 is 1.42 bits per heavy atom. The number of rotatable bonds is 5. The topological polar surface area (TPSA) is 80.6 Å². The fourth-order valence-electron chi connectivity index (χ4n) is 1.93. The van der Waals surface area contributed by atoms with Crippen molar-refractivity contribution in [1.29, 1.82) is 0 Å². The van der Waals surface area contributed by atoms with Crippen LogP contribution in [0.2, 0.25) is 0 Å². The van der Waals surface area contributed by atoms with Gasteiger partial charge < -0.3 is 19.5 Å². The fraction of sp³-hybridized carbons (Fsp3) is 0.500. The Balaban J connectivity index is 2.82. The first-order valence-electron chi connectivity index (χ1n) is 6.91. The molecule has 24 heavy (non-hydrogen) atoms. The Kier molecular flexibility index (Phi) is 6.38. The monoisotopic (exact) mass is 349 g/mol. The van der Waals surface area contributed by atoms with Gasteiger partial charge in [0.2, 0.25) is 0 Å². The molecule has 0 unspecified atom stereocenters. The second-order valence-electron chi connectivity index (χ2n) is 5.20. The minimum atomic E-state index is -4.56. The number of aromatic nitrogens is 1. The molecule has 7 nitrogen and oxygen atoms in total. The first kappa shape index (κ1) is 19.5. The molecule has 0 saturated heterocycles. The molecule has 0 radical (unpaired) electrons. The Labute approximate surface area is 136 Å². The largest absolute Gasteiger partial charge is 0.469 e. The number of urea groups is 1. The maximum Gasteiger partial charge on any atom is 0.406 e. The van der Waals surface area contributed by atoms with Gasteiger partial charge in [0.05, 0.1) is 13.0 Å². The lowest BCUT2D eigenvalue weighted by Gasteiger charge is -2.20.